The average molecular weight is 460 g/mol. The Balaban J connectivity index is 1.90. The van der Waals surface area contributed by atoms with Crippen molar-refractivity contribution in [1.82, 2.24) is 15.5 Å². The van der Waals surface area contributed by atoms with E-state index in [0.717, 1.165) is 44.3 Å². The van der Waals surface area contributed by atoms with E-state index in [0.29, 0.717) is 11.4 Å². The minimum Gasteiger partial charge on any atom is -0.356 e. The Bertz CT molecular complexity index is 1370. The SMILES string of the molecule is CC/C(=C(/c1ccc(/C=C/C(=O)NC)cc1)c1ccc2[nH]ncc2c1)c1ccc(F)cc1Cl. The van der Waals surface area contributed by atoms with Crippen LogP contribution in [0.15, 0.2) is 72.9 Å². The molecule has 0 aliphatic heterocycles. The van der Waals surface area contributed by atoms with Gasteiger partial charge in [0.05, 0.1) is 16.7 Å². The molecule has 1 heterocycles. The Kier molecular flexibility index (Phi) is 6.71. The number of carbonyl (C=O) groups is 1. The summed E-state index contributed by atoms with van der Waals surface area (Å²) >= 11 is 6.47. The smallest absolute Gasteiger partial charge is 0.243 e. The predicted octanol–water partition coefficient (Wildman–Crippen LogP) is 6.48. The molecule has 4 aromatic rings. The van der Waals surface area contributed by atoms with E-state index in [9.17, 15) is 9.18 Å². The highest BCUT2D eigenvalue weighted by Gasteiger charge is 2.16. The number of nitrogens with zero attached hydrogens (tertiary/aromatic N) is 1. The molecule has 6 heteroatoms. The van der Waals surface area contributed by atoms with Crippen LogP contribution in [0.25, 0.3) is 28.1 Å². The van der Waals surface area contributed by atoms with Crippen LogP contribution in [0.3, 0.4) is 0 Å². The van der Waals surface area contributed by atoms with Crippen LogP contribution >= 0.6 is 11.6 Å². The molecule has 0 fully saturated rings. The summed E-state index contributed by atoms with van der Waals surface area (Å²) in [5.74, 6) is -0.528. The minimum atomic E-state index is -0.368. The van der Waals surface area contributed by atoms with E-state index in [1.54, 1.807) is 25.4 Å². The van der Waals surface area contributed by atoms with Crippen molar-refractivity contribution in [3.8, 4) is 0 Å². The van der Waals surface area contributed by atoms with Gasteiger partial charge in [-0.2, -0.15) is 5.10 Å². The monoisotopic (exact) mass is 459 g/mol. The van der Waals surface area contributed by atoms with Crippen LogP contribution in [0, 0.1) is 5.82 Å². The molecule has 0 bridgehead atoms. The van der Waals surface area contributed by atoms with Crippen LogP contribution in [0.4, 0.5) is 4.39 Å². The van der Waals surface area contributed by atoms with Crippen molar-refractivity contribution in [3.05, 3.63) is 106 Å². The van der Waals surface area contributed by atoms with Gasteiger partial charge in [-0.25, -0.2) is 4.39 Å². The summed E-state index contributed by atoms with van der Waals surface area (Å²) in [4.78, 5) is 11.5. The number of rotatable bonds is 6. The Hall–Kier alpha value is -3.70. The quantitative estimate of drug-likeness (QED) is 0.256. The van der Waals surface area contributed by atoms with Crippen molar-refractivity contribution in [2.45, 2.75) is 13.3 Å². The van der Waals surface area contributed by atoms with Crippen molar-refractivity contribution < 1.29 is 9.18 Å². The number of likely N-dealkylation sites (N-methyl/N-ethyl adjacent to an activating group) is 1. The molecule has 0 aliphatic rings. The first-order chi connectivity index (χ1) is 16.0. The third kappa shape index (κ3) is 4.89. The van der Waals surface area contributed by atoms with Gasteiger partial charge in [0.2, 0.25) is 5.91 Å². The highest BCUT2D eigenvalue weighted by Crippen LogP contribution is 2.38. The lowest BCUT2D eigenvalue weighted by molar-refractivity contribution is -0.115. The van der Waals surface area contributed by atoms with Gasteiger partial charge >= 0.3 is 0 Å². The number of hydrogen-bond acceptors (Lipinski definition) is 2. The van der Waals surface area contributed by atoms with E-state index >= 15 is 0 Å². The summed E-state index contributed by atoms with van der Waals surface area (Å²) < 4.78 is 13.8. The first-order valence-corrected chi connectivity index (χ1v) is 11.0. The number of aromatic nitrogens is 2. The molecule has 0 saturated carbocycles. The second-order valence-electron chi connectivity index (χ2n) is 7.57. The third-order valence-corrected chi connectivity index (χ3v) is 5.83. The van der Waals surface area contributed by atoms with Crippen LogP contribution in [0.5, 0.6) is 0 Å². The van der Waals surface area contributed by atoms with E-state index in [2.05, 4.69) is 28.5 Å². The van der Waals surface area contributed by atoms with Gasteiger partial charge in [0.25, 0.3) is 0 Å². The van der Waals surface area contributed by atoms with Crippen LogP contribution in [-0.2, 0) is 4.79 Å². The number of carbonyl (C=O) groups excluding carboxylic acids is 1. The lowest BCUT2D eigenvalue weighted by Crippen LogP contribution is -2.13. The molecule has 0 unspecified atom stereocenters. The van der Waals surface area contributed by atoms with Crippen molar-refractivity contribution >= 4 is 45.6 Å². The van der Waals surface area contributed by atoms with Crippen LogP contribution < -0.4 is 5.32 Å². The fraction of sp³-hybridized carbons (Fsp3) is 0.111. The Morgan fingerprint density at radius 3 is 2.55 bits per heavy atom. The number of aromatic amines is 1. The van der Waals surface area contributed by atoms with E-state index in [1.807, 2.05) is 36.4 Å². The van der Waals surface area contributed by atoms with Gasteiger partial charge in [-0.15, -0.1) is 0 Å². The zero-order chi connectivity index (χ0) is 23.4. The molecule has 1 amide bonds. The normalized spacial score (nSPS) is 12.2. The lowest BCUT2D eigenvalue weighted by Gasteiger charge is -2.18. The second kappa shape index (κ2) is 9.84. The standard InChI is InChI=1S/C27H23ClFN3O/c1-3-22(23-11-10-21(29)15-24(23)28)27(19-9-12-25-20(14-19)16-31-32-25)18-7-4-17(5-8-18)6-13-26(33)30-2/h4-16H,3H2,1-2H3,(H,30,33)(H,31,32)/b13-6+,27-22+. The first-order valence-electron chi connectivity index (χ1n) is 10.6. The molecule has 0 saturated heterocycles. The molecule has 0 aliphatic carbocycles. The van der Waals surface area contributed by atoms with Gasteiger partial charge in [-0.1, -0.05) is 54.9 Å². The van der Waals surface area contributed by atoms with E-state index in [-0.39, 0.29) is 11.7 Å². The number of benzene rings is 3. The van der Waals surface area contributed by atoms with E-state index < -0.39 is 0 Å². The number of nitrogens with one attached hydrogen (secondary N) is 2. The summed E-state index contributed by atoms with van der Waals surface area (Å²) in [6.45, 7) is 2.06. The van der Waals surface area contributed by atoms with Gasteiger partial charge in [-0.3, -0.25) is 9.89 Å². The van der Waals surface area contributed by atoms with Crippen LogP contribution in [-0.4, -0.2) is 23.2 Å². The Labute approximate surface area is 196 Å². The molecule has 3 aromatic carbocycles. The molecular weight excluding hydrogens is 437 g/mol. The summed E-state index contributed by atoms with van der Waals surface area (Å²) in [7, 11) is 1.59. The molecule has 166 valence electrons. The highest BCUT2D eigenvalue weighted by molar-refractivity contribution is 6.32. The average Bonchev–Trinajstić information content (AvgIpc) is 3.30. The summed E-state index contributed by atoms with van der Waals surface area (Å²) in [5, 5.41) is 11.1. The molecule has 0 atom stereocenters. The van der Waals surface area contributed by atoms with Crippen LogP contribution in [0.1, 0.15) is 35.6 Å². The molecule has 0 radical (unpaired) electrons. The van der Waals surface area contributed by atoms with Crippen molar-refractivity contribution in [1.29, 1.82) is 0 Å². The number of allylic oxidation sites excluding steroid dienone is 1. The molecule has 2 N–H and O–H groups in total. The topological polar surface area (TPSA) is 57.8 Å². The molecule has 0 spiro atoms. The maximum absolute atomic E-state index is 13.8. The number of amides is 1. The van der Waals surface area contributed by atoms with Crippen LogP contribution in [0.2, 0.25) is 5.02 Å². The zero-order valence-corrected chi connectivity index (χ0v) is 19.1. The predicted molar refractivity (Wildman–Crippen MR) is 133 cm³/mol. The third-order valence-electron chi connectivity index (χ3n) is 5.51. The first kappa shape index (κ1) is 22.5. The Morgan fingerprint density at radius 1 is 1.09 bits per heavy atom. The van der Waals surface area contributed by atoms with Crippen molar-refractivity contribution in [2.24, 2.45) is 0 Å². The summed E-state index contributed by atoms with van der Waals surface area (Å²) in [5.41, 5.74) is 6.68. The molecular formula is C27H23ClFN3O. The van der Waals surface area contributed by atoms with Gasteiger partial charge in [0.1, 0.15) is 5.82 Å². The van der Waals surface area contributed by atoms with Crippen molar-refractivity contribution in [3.63, 3.8) is 0 Å². The highest BCUT2D eigenvalue weighted by atomic mass is 35.5. The maximum Gasteiger partial charge on any atom is 0.243 e. The number of H-pyrrole nitrogens is 1. The van der Waals surface area contributed by atoms with Crippen molar-refractivity contribution in [2.75, 3.05) is 7.05 Å². The summed E-state index contributed by atoms with van der Waals surface area (Å²) in [6.07, 6.45) is 5.75. The lowest BCUT2D eigenvalue weighted by atomic mass is 9.87. The van der Waals surface area contributed by atoms with Gasteiger partial charge in [0.15, 0.2) is 0 Å². The fourth-order valence-electron chi connectivity index (χ4n) is 3.87. The second-order valence-corrected chi connectivity index (χ2v) is 7.98. The molecule has 4 nitrogen and oxygen atoms in total. The zero-order valence-electron chi connectivity index (χ0n) is 18.3. The number of halogens is 2. The summed E-state index contributed by atoms with van der Waals surface area (Å²) in [6, 6.07) is 18.6. The maximum atomic E-state index is 13.8. The number of hydrogen-bond donors (Lipinski definition) is 2. The number of fused-ring (bicyclic) bond motifs is 1. The van der Waals surface area contributed by atoms with Gasteiger partial charge in [0, 0.05) is 18.5 Å². The van der Waals surface area contributed by atoms with E-state index in [4.69, 9.17) is 11.6 Å². The fourth-order valence-corrected chi connectivity index (χ4v) is 4.15. The Morgan fingerprint density at radius 2 is 1.85 bits per heavy atom. The minimum absolute atomic E-state index is 0.160. The molecule has 4 rings (SSSR count). The molecule has 33 heavy (non-hydrogen) atoms. The largest absolute Gasteiger partial charge is 0.356 e. The molecule has 1 aromatic heterocycles. The van der Waals surface area contributed by atoms with Gasteiger partial charge < -0.3 is 5.32 Å². The van der Waals surface area contributed by atoms with E-state index in [1.165, 1.54) is 18.2 Å². The van der Waals surface area contributed by atoms with Gasteiger partial charge in [-0.05, 0) is 70.2 Å².